The fourth-order valence-electron chi connectivity index (χ4n) is 1.80. The zero-order chi connectivity index (χ0) is 14.5. The zero-order valence-electron chi connectivity index (χ0n) is 12.3. The van der Waals surface area contributed by atoms with Crippen LogP contribution in [0.4, 0.5) is 0 Å². The molecule has 0 aliphatic carbocycles. The zero-order valence-corrected chi connectivity index (χ0v) is 12.3. The molecule has 1 aliphatic rings. The van der Waals surface area contributed by atoms with Crippen LogP contribution >= 0.6 is 0 Å². The summed E-state index contributed by atoms with van der Waals surface area (Å²) in [6.07, 6.45) is 2.60. The number of carboxylic acid groups (broad SMARTS) is 1. The van der Waals surface area contributed by atoms with Crippen molar-refractivity contribution >= 4 is 12.2 Å². The topological polar surface area (TPSA) is 68.1 Å². The second-order valence-corrected chi connectivity index (χ2v) is 5.95. The maximum Gasteiger partial charge on any atom is 0.328 e. The van der Waals surface area contributed by atoms with E-state index in [9.17, 15) is 4.79 Å². The molecule has 1 saturated heterocycles. The highest BCUT2D eigenvalue weighted by Crippen LogP contribution is 2.23. The number of ether oxygens (including phenoxy) is 2. The van der Waals surface area contributed by atoms with E-state index in [0.717, 1.165) is 6.42 Å². The van der Waals surface area contributed by atoms with E-state index in [4.69, 9.17) is 14.6 Å². The van der Waals surface area contributed by atoms with E-state index in [-0.39, 0.29) is 17.6 Å². The molecule has 2 atom stereocenters. The average molecular weight is 271 g/mol. The first-order valence-corrected chi connectivity index (χ1v) is 6.83. The molecule has 0 saturated carbocycles. The van der Waals surface area contributed by atoms with E-state index in [0.29, 0.717) is 19.6 Å². The molecule has 0 amide bonds. The Labute approximate surface area is 115 Å². The Morgan fingerprint density at radius 1 is 1.47 bits per heavy atom. The summed E-state index contributed by atoms with van der Waals surface area (Å²) < 4.78 is 11.1. The third kappa shape index (κ3) is 5.28. The van der Waals surface area contributed by atoms with Gasteiger partial charge in [0.05, 0.1) is 13.2 Å². The van der Waals surface area contributed by atoms with E-state index < -0.39 is 12.0 Å². The van der Waals surface area contributed by atoms with Gasteiger partial charge in [-0.3, -0.25) is 4.99 Å². The average Bonchev–Trinajstić information content (AvgIpc) is 2.35. The number of hydrogen-bond acceptors (Lipinski definition) is 4. The Kier molecular flexibility index (Phi) is 5.94. The summed E-state index contributed by atoms with van der Waals surface area (Å²) in [5, 5.41) is 9.10. The molecule has 0 aromatic carbocycles. The highest BCUT2D eigenvalue weighted by atomic mass is 16.7. The maximum atomic E-state index is 11.1. The Balaban J connectivity index is 2.42. The van der Waals surface area contributed by atoms with Crippen molar-refractivity contribution in [2.24, 2.45) is 16.3 Å². The molecule has 1 rings (SSSR count). The van der Waals surface area contributed by atoms with Gasteiger partial charge in [0.15, 0.2) is 6.29 Å². The second-order valence-electron chi connectivity index (χ2n) is 5.95. The lowest BCUT2D eigenvalue weighted by molar-refractivity contribution is -0.217. The van der Waals surface area contributed by atoms with Gasteiger partial charge in [0, 0.05) is 18.1 Å². The Morgan fingerprint density at radius 2 is 2.05 bits per heavy atom. The number of aliphatic carboxylic acids is 1. The summed E-state index contributed by atoms with van der Waals surface area (Å²) >= 11 is 0. The van der Waals surface area contributed by atoms with Gasteiger partial charge in [-0.05, 0) is 5.92 Å². The predicted octanol–water partition coefficient (Wildman–Crippen LogP) is 2.35. The SMILES string of the molecule is CC[C@H](C)[C@H](N=CCC1OCC(C)(C)CO1)C(=O)O. The summed E-state index contributed by atoms with van der Waals surface area (Å²) in [6.45, 7) is 9.33. The molecule has 1 heterocycles. The van der Waals surface area contributed by atoms with E-state index in [1.54, 1.807) is 6.21 Å². The van der Waals surface area contributed by atoms with Gasteiger partial charge in [-0.1, -0.05) is 34.1 Å². The van der Waals surface area contributed by atoms with Crippen LogP contribution in [-0.4, -0.2) is 42.8 Å². The molecule has 0 spiro atoms. The third-order valence-electron chi connectivity index (χ3n) is 3.32. The van der Waals surface area contributed by atoms with Crippen molar-refractivity contribution < 1.29 is 19.4 Å². The van der Waals surface area contributed by atoms with Crippen LogP contribution in [0.25, 0.3) is 0 Å². The van der Waals surface area contributed by atoms with Gasteiger partial charge in [-0.2, -0.15) is 0 Å². The van der Waals surface area contributed by atoms with Crippen molar-refractivity contribution in [3.63, 3.8) is 0 Å². The molecule has 1 aliphatic heterocycles. The van der Waals surface area contributed by atoms with Crippen LogP contribution in [0.5, 0.6) is 0 Å². The Hall–Kier alpha value is -0.940. The number of carbonyl (C=O) groups is 1. The molecule has 0 bridgehead atoms. The first kappa shape index (κ1) is 16.1. The van der Waals surface area contributed by atoms with Gasteiger partial charge in [0.2, 0.25) is 0 Å². The van der Waals surface area contributed by atoms with Crippen LogP contribution in [0.15, 0.2) is 4.99 Å². The lowest BCUT2D eigenvalue weighted by Crippen LogP contribution is -2.38. The van der Waals surface area contributed by atoms with Crippen LogP contribution in [0, 0.1) is 11.3 Å². The highest BCUT2D eigenvalue weighted by Gasteiger charge is 2.28. The van der Waals surface area contributed by atoms with E-state index in [1.807, 2.05) is 13.8 Å². The Morgan fingerprint density at radius 3 is 2.53 bits per heavy atom. The molecule has 5 heteroatoms. The van der Waals surface area contributed by atoms with Gasteiger partial charge >= 0.3 is 5.97 Å². The van der Waals surface area contributed by atoms with Crippen molar-refractivity contribution in [1.82, 2.24) is 0 Å². The number of hydrogen-bond donors (Lipinski definition) is 1. The van der Waals surface area contributed by atoms with Crippen LogP contribution in [0.3, 0.4) is 0 Å². The molecule has 1 fully saturated rings. The summed E-state index contributed by atoms with van der Waals surface area (Å²) in [4.78, 5) is 15.2. The van der Waals surface area contributed by atoms with Crippen molar-refractivity contribution in [3.05, 3.63) is 0 Å². The number of carboxylic acids is 1. The van der Waals surface area contributed by atoms with E-state index in [2.05, 4.69) is 18.8 Å². The van der Waals surface area contributed by atoms with Crippen molar-refractivity contribution in [2.75, 3.05) is 13.2 Å². The lowest BCUT2D eigenvalue weighted by atomic mass is 9.95. The first-order valence-electron chi connectivity index (χ1n) is 6.83. The minimum Gasteiger partial charge on any atom is -0.480 e. The van der Waals surface area contributed by atoms with Gasteiger partial charge in [-0.15, -0.1) is 0 Å². The molecule has 0 aromatic rings. The monoisotopic (exact) mass is 271 g/mol. The molecular formula is C14H25NO4. The largest absolute Gasteiger partial charge is 0.480 e. The summed E-state index contributed by atoms with van der Waals surface area (Å²) in [5.74, 6) is -0.849. The molecule has 0 aromatic heterocycles. The smallest absolute Gasteiger partial charge is 0.328 e. The Bertz CT molecular complexity index is 317. The van der Waals surface area contributed by atoms with Gasteiger partial charge in [0.25, 0.3) is 0 Å². The molecule has 110 valence electrons. The first-order chi connectivity index (χ1) is 8.85. The summed E-state index contributed by atoms with van der Waals surface area (Å²) in [5.41, 5.74) is 0.0496. The molecular weight excluding hydrogens is 246 g/mol. The van der Waals surface area contributed by atoms with Crippen LogP contribution in [-0.2, 0) is 14.3 Å². The minimum absolute atomic E-state index is 0.0286. The van der Waals surface area contributed by atoms with Gasteiger partial charge in [0.1, 0.15) is 6.04 Å². The maximum absolute atomic E-state index is 11.1. The van der Waals surface area contributed by atoms with Gasteiger partial charge in [-0.25, -0.2) is 4.79 Å². The van der Waals surface area contributed by atoms with E-state index in [1.165, 1.54) is 0 Å². The third-order valence-corrected chi connectivity index (χ3v) is 3.32. The molecule has 0 unspecified atom stereocenters. The molecule has 19 heavy (non-hydrogen) atoms. The van der Waals surface area contributed by atoms with Crippen LogP contribution < -0.4 is 0 Å². The van der Waals surface area contributed by atoms with E-state index >= 15 is 0 Å². The van der Waals surface area contributed by atoms with Crippen LogP contribution in [0.2, 0.25) is 0 Å². The second kappa shape index (κ2) is 7.01. The quantitative estimate of drug-likeness (QED) is 0.753. The number of rotatable bonds is 6. The molecule has 5 nitrogen and oxygen atoms in total. The summed E-state index contributed by atoms with van der Waals surface area (Å²) in [6, 6.07) is -0.676. The number of nitrogens with zero attached hydrogens (tertiary/aromatic N) is 1. The van der Waals surface area contributed by atoms with Gasteiger partial charge < -0.3 is 14.6 Å². The standard InChI is InChI=1S/C14H25NO4/c1-5-10(2)12(13(16)17)15-7-6-11-18-8-14(3,4)9-19-11/h7,10-12H,5-6,8-9H2,1-4H3,(H,16,17)/t10-,12-/m0/s1. The van der Waals surface area contributed by atoms with Crippen molar-refractivity contribution in [1.29, 1.82) is 0 Å². The normalized spacial score (nSPS) is 23.4. The molecule has 0 radical (unpaired) electrons. The lowest BCUT2D eigenvalue weighted by Gasteiger charge is -2.34. The highest BCUT2D eigenvalue weighted by molar-refractivity contribution is 5.76. The predicted molar refractivity (Wildman–Crippen MR) is 73.5 cm³/mol. The summed E-state index contributed by atoms with van der Waals surface area (Å²) in [7, 11) is 0. The minimum atomic E-state index is -0.878. The van der Waals surface area contributed by atoms with Crippen molar-refractivity contribution in [3.8, 4) is 0 Å². The van der Waals surface area contributed by atoms with Crippen molar-refractivity contribution in [2.45, 2.75) is 52.9 Å². The molecule has 1 N–H and O–H groups in total. The van der Waals surface area contributed by atoms with Crippen LogP contribution in [0.1, 0.15) is 40.5 Å². The number of aliphatic imine (C=N–C) groups is 1. The fraction of sp³-hybridized carbons (Fsp3) is 0.857. The fourth-order valence-corrected chi connectivity index (χ4v) is 1.80.